The molecule has 1 atom stereocenters. The minimum Gasteiger partial charge on any atom is -0.377 e. The van der Waals surface area contributed by atoms with Gasteiger partial charge in [-0.1, -0.05) is 24.4 Å². The molecule has 1 aliphatic carbocycles. The van der Waals surface area contributed by atoms with Crippen LogP contribution >= 0.6 is 11.6 Å². The predicted octanol–water partition coefficient (Wildman–Crippen LogP) is 1.43. The van der Waals surface area contributed by atoms with E-state index in [1.165, 1.54) is 12.8 Å². The number of hydrogen-bond donors (Lipinski definition) is 1. The Bertz CT molecular complexity index is 486. The van der Waals surface area contributed by atoms with Crippen LogP contribution in [0.3, 0.4) is 0 Å². The third-order valence-corrected chi connectivity index (χ3v) is 3.79. The molecule has 2 heterocycles. The number of anilines is 1. The molecule has 0 spiro atoms. The number of aromatic amines is 1. The third kappa shape index (κ3) is 2.52. The molecule has 0 amide bonds. The van der Waals surface area contributed by atoms with Crippen molar-refractivity contribution in [3.63, 3.8) is 0 Å². The van der Waals surface area contributed by atoms with Gasteiger partial charge < -0.3 is 9.64 Å². The van der Waals surface area contributed by atoms with Gasteiger partial charge in [-0.15, -0.1) is 0 Å². The van der Waals surface area contributed by atoms with Crippen molar-refractivity contribution in [3.8, 4) is 0 Å². The molecule has 98 valence electrons. The van der Waals surface area contributed by atoms with Crippen molar-refractivity contribution in [2.24, 2.45) is 5.92 Å². The summed E-state index contributed by atoms with van der Waals surface area (Å²) in [5.41, 5.74) is 0.436. The largest absolute Gasteiger partial charge is 0.377 e. The monoisotopic (exact) mass is 269 g/mol. The van der Waals surface area contributed by atoms with Crippen LogP contribution in [-0.4, -0.2) is 36.0 Å². The molecule has 0 radical (unpaired) electrons. The number of hydrogen-bond acceptors (Lipinski definition) is 4. The van der Waals surface area contributed by atoms with Crippen molar-refractivity contribution in [1.82, 2.24) is 10.2 Å². The van der Waals surface area contributed by atoms with E-state index in [9.17, 15) is 4.79 Å². The van der Waals surface area contributed by atoms with E-state index in [2.05, 4.69) is 15.1 Å². The lowest BCUT2D eigenvalue weighted by Crippen LogP contribution is -2.47. The minimum atomic E-state index is -0.179. The van der Waals surface area contributed by atoms with Gasteiger partial charge in [0.15, 0.2) is 5.15 Å². The molecule has 1 saturated heterocycles. The summed E-state index contributed by atoms with van der Waals surface area (Å²) in [6, 6.07) is 1.93. The van der Waals surface area contributed by atoms with Gasteiger partial charge in [-0.2, -0.15) is 5.10 Å². The van der Waals surface area contributed by atoms with Crippen molar-refractivity contribution < 1.29 is 4.74 Å². The average molecular weight is 270 g/mol. The summed E-state index contributed by atoms with van der Waals surface area (Å²) in [5.74, 6) is 0.801. The van der Waals surface area contributed by atoms with Gasteiger partial charge in [-0.05, 0) is 12.3 Å². The second-order valence-corrected chi connectivity index (χ2v) is 5.39. The number of ether oxygens (including phenoxy) is 1. The van der Waals surface area contributed by atoms with Crippen LogP contribution in [0.4, 0.5) is 5.69 Å². The summed E-state index contributed by atoms with van der Waals surface area (Å²) < 4.78 is 5.53. The first-order valence-corrected chi connectivity index (χ1v) is 6.71. The molecule has 18 heavy (non-hydrogen) atoms. The van der Waals surface area contributed by atoms with Crippen LogP contribution in [0.5, 0.6) is 0 Å². The van der Waals surface area contributed by atoms with E-state index in [0.29, 0.717) is 24.1 Å². The average Bonchev–Trinajstić information content (AvgIpc) is 3.17. The van der Waals surface area contributed by atoms with Gasteiger partial charge in [-0.3, -0.25) is 4.79 Å². The van der Waals surface area contributed by atoms with Gasteiger partial charge in [0.25, 0.3) is 5.56 Å². The van der Waals surface area contributed by atoms with Crippen LogP contribution in [0.25, 0.3) is 0 Å². The lowest BCUT2D eigenvalue weighted by atomic mass is 10.1. The van der Waals surface area contributed by atoms with Crippen LogP contribution in [0.2, 0.25) is 5.15 Å². The van der Waals surface area contributed by atoms with Gasteiger partial charge in [0.2, 0.25) is 0 Å². The van der Waals surface area contributed by atoms with Crippen LogP contribution in [-0.2, 0) is 4.74 Å². The Morgan fingerprint density at radius 2 is 2.39 bits per heavy atom. The normalized spacial score (nSPS) is 24.3. The number of halogens is 1. The van der Waals surface area contributed by atoms with E-state index >= 15 is 0 Å². The first kappa shape index (κ1) is 12.0. The highest BCUT2D eigenvalue weighted by molar-refractivity contribution is 6.29. The van der Waals surface area contributed by atoms with Crippen LogP contribution in [0.1, 0.15) is 19.3 Å². The van der Waals surface area contributed by atoms with E-state index in [1.54, 1.807) is 6.07 Å². The zero-order valence-corrected chi connectivity index (χ0v) is 10.8. The molecule has 0 aromatic carbocycles. The fraction of sp³-hybridized carbons (Fsp3) is 0.667. The zero-order valence-electron chi connectivity index (χ0n) is 10.1. The second kappa shape index (κ2) is 4.90. The fourth-order valence-electron chi connectivity index (χ4n) is 2.49. The first-order chi connectivity index (χ1) is 8.74. The topological polar surface area (TPSA) is 58.2 Å². The Hall–Kier alpha value is -1.07. The summed E-state index contributed by atoms with van der Waals surface area (Å²) in [4.78, 5) is 14.0. The molecule has 0 bridgehead atoms. The van der Waals surface area contributed by atoms with Crippen molar-refractivity contribution >= 4 is 17.3 Å². The highest BCUT2D eigenvalue weighted by Gasteiger charge is 2.32. The van der Waals surface area contributed by atoms with E-state index in [-0.39, 0.29) is 11.6 Å². The Kier molecular flexibility index (Phi) is 3.26. The van der Waals surface area contributed by atoms with E-state index < -0.39 is 0 Å². The maximum Gasteiger partial charge on any atom is 0.287 e. The minimum absolute atomic E-state index is 0.179. The quantitative estimate of drug-likeness (QED) is 0.902. The standard InChI is InChI=1S/C12H16ClN3O2/c13-11-6-10(12(17)15-14-11)16-3-4-18-7-9(16)5-8-1-2-8/h6,8-9H,1-5,7H2,(H,15,17). The Morgan fingerprint density at radius 1 is 1.56 bits per heavy atom. The van der Waals surface area contributed by atoms with Gasteiger partial charge in [0.1, 0.15) is 5.69 Å². The Balaban J connectivity index is 1.86. The maximum atomic E-state index is 11.9. The summed E-state index contributed by atoms with van der Waals surface area (Å²) in [5, 5.41) is 6.46. The molecule has 1 aromatic heterocycles. The molecular formula is C12H16ClN3O2. The predicted molar refractivity (Wildman–Crippen MR) is 69.2 cm³/mol. The van der Waals surface area contributed by atoms with Crippen molar-refractivity contribution in [2.75, 3.05) is 24.7 Å². The first-order valence-electron chi connectivity index (χ1n) is 6.33. The number of nitrogens with zero attached hydrogens (tertiary/aromatic N) is 2. The van der Waals surface area contributed by atoms with Crippen LogP contribution in [0.15, 0.2) is 10.9 Å². The van der Waals surface area contributed by atoms with E-state index in [0.717, 1.165) is 18.9 Å². The molecule has 1 unspecified atom stereocenters. The van der Waals surface area contributed by atoms with Crippen molar-refractivity contribution in [1.29, 1.82) is 0 Å². The van der Waals surface area contributed by atoms with Gasteiger partial charge in [-0.25, -0.2) is 5.10 Å². The molecule has 2 aliphatic rings. The third-order valence-electron chi connectivity index (χ3n) is 3.59. The molecule has 3 rings (SSSR count). The highest BCUT2D eigenvalue weighted by Crippen LogP contribution is 2.36. The smallest absolute Gasteiger partial charge is 0.287 e. The number of morpholine rings is 1. The molecular weight excluding hydrogens is 254 g/mol. The van der Waals surface area contributed by atoms with E-state index in [4.69, 9.17) is 16.3 Å². The Labute approximate surface area is 110 Å². The molecule has 6 heteroatoms. The summed E-state index contributed by atoms with van der Waals surface area (Å²) in [6.45, 7) is 2.08. The number of nitrogens with one attached hydrogen (secondary N) is 1. The van der Waals surface area contributed by atoms with Gasteiger partial charge in [0, 0.05) is 12.6 Å². The molecule has 1 saturated carbocycles. The zero-order chi connectivity index (χ0) is 12.5. The number of rotatable bonds is 3. The number of aromatic nitrogens is 2. The molecule has 5 nitrogen and oxygen atoms in total. The molecule has 1 aliphatic heterocycles. The summed E-state index contributed by atoms with van der Waals surface area (Å²) in [6.07, 6.45) is 3.70. The summed E-state index contributed by atoms with van der Waals surface area (Å²) >= 11 is 5.86. The van der Waals surface area contributed by atoms with Crippen molar-refractivity contribution in [2.45, 2.75) is 25.3 Å². The maximum absolute atomic E-state index is 11.9. The van der Waals surface area contributed by atoms with Crippen LogP contribution < -0.4 is 10.5 Å². The fourth-order valence-corrected chi connectivity index (χ4v) is 2.64. The van der Waals surface area contributed by atoms with Crippen molar-refractivity contribution in [3.05, 3.63) is 21.6 Å². The second-order valence-electron chi connectivity index (χ2n) is 5.01. The molecule has 2 fully saturated rings. The van der Waals surface area contributed by atoms with Crippen LogP contribution in [0, 0.1) is 5.92 Å². The molecule has 1 aromatic rings. The Morgan fingerprint density at radius 3 is 3.17 bits per heavy atom. The van der Waals surface area contributed by atoms with Gasteiger partial charge >= 0.3 is 0 Å². The lowest BCUT2D eigenvalue weighted by Gasteiger charge is -2.36. The van der Waals surface area contributed by atoms with Gasteiger partial charge in [0.05, 0.1) is 19.3 Å². The van der Waals surface area contributed by atoms with E-state index in [1.807, 2.05) is 0 Å². The highest BCUT2D eigenvalue weighted by atomic mass is 35.5. The lowest BCUT2D eigenvalue weighted by molar-refractivity contribution is 0.0897. The summed E-state index contributed by atoms with van der Waals surface area (Å²) in [7, 11) is 0. The SMILES string of the molecule is O=c1[nH]nc(Cl)cc1N1CCOCC1CC1CC1. The number of H-pyrrole nitrogens is 1. The molecule has 1 N–H and O–H groups in total.